The number of carbonyl (C=O) groups excluding carboxylic acids is 1. The third-order valence-corrected chi connectivity index (χ3v) is 3.17. The van der Waals surface area contributed by atoms with Gasteiger partial charge in [0.2, 0.25) is 0 Å². The van der Waals surface area contributed by atoms with Gasteiger partial charge in [0.05, 0.1) is 6.04 Å². The van der Waals surface area contributed by atoms with E-state index in [1.165, 1.54) is 12.8 Å². The zero-order valence-corrected chi connectivity index (χ0v) is 7.05. The Bertz CT molecular complexity index is 178. The molecular weight excluding hydrogens is 138 g/mol. The molecule has 62 valence electrons. The molecule has 0 aromatic carbocycles. The van der Waals surface area contributed by atoms with E-state index in [2.05, 4.69) is 11.9 Å². The van der Waals surface area contributed by atoms with E-state index < -0.39 is 0 Å². The second-order valence-electron chi connectivity index (χ2n) is 3.77. The predicted octanol–water partition coefficient (Wildman–Crippen LogP) is 1.20. The molecule has 0 aromatic rings. The molecule has 2 bridgehead atoms. The maximum atomic E-state index is 11.4. The van der Waals surface area contributed by atoms with Crippen molar-refractivity contribution >= 4 is 5.78 Å². The van der Waals surface area contributed by atoms with Crippen molar-refractivity contribution in [3.8, 4) is 0 Å². The van der Waals surface area contributed by atoms with Crippen molar-refractivity contribution in [2.75, 3.05) is 7.05 Å². The van der Waals surface area contributed by atoms with Crippen LogP contribution < -0.4 is 0 Å². The molecule has 2 fully saturated rings. The molecule has 2 aliphatic rings. The number of carbonyl (C=O) groups is 1. The number of rotatable bonds is 0. The Morgan fingerprint density at radius 3 is 3.00 bits per heavy atom. The Morgan fingerprint density at radius 1 is 1.36 bits per heavy atom. The first-order valence-corrected chi connectivity index (χ1v) is 4.53. The van der Waals surface area contributed by atoms with Crippen LogP contribution in [-0.2, 0) is 4.79 Å². The first-order valence-electron chi connectivity index (χ1n) is 4.53. The zero-order chi connectivity index (χ0) is 7.84. The number of hydrogen-bond donors (Lipinski definition) is 0. The van der Waals surface area contributed by atoms with Gasteiger partial charge in [-0.2, -0.15) is 0 Å². The molecule has 2 rings (SSSR count). The molecule has 2 nitrogen and oxygen atoms in total. The Kier molecular flexibility index (Phi) is 1.72. The monoisotopic (exact) mass is 153 g/mol. The van der Waals surface area contributed by atoms with E-state index in [0.29, 0.717) is 11.8 Å². The minimum atomic E-state index is 0.280. The average Bonchev–Trinajstić information content (AvgIpc) is 2.23. The third-order valence-electron chi connectivity index (χ3n) is 3.17. The minimum Gasteiger partial charge on any atom is -0.298 e. The first-order chi connectivity index (χ1) is 5.29. The van der Waals surface area contributed by atoms with Gasteiger partial charge in [0.15, 0.2) is 0 Å². The number of hydrogen-bond acceptors (Lipinski definition) is 2. The molecule has 0 aliphatic carbocycles. The first kappa shape index (κ1) is 7.29. The molecule has 0 radical (unpaired) electrons. The molecule has 2 aliphatic heterocycles. The summed E-state index contributed by atoms with van der Waals surface area (Å²) < 4.78 is 0. The fourth-order valence-electron chi connectivity index (χ4n) is 2.43. The van der Waals surface area contributed by atoms with Crippen LogP contribution in [0.15, 0.2) is 0 Å². The molecular formula is C9H15NO. The summed E-state index contributed by atoms with van der Waals surface area (Å²) in [7, 11) is 2.10. The number of fused-ring (bicyclic) bond motifs is 2. The molecule has 0 saturated carbocycles. The van der Waals surface area contributed by atoms with Crippen LogP contribution >= 0.6 is 0 Å². The summed E-state index contributed by atoms with van der Waals surface area (Å²) in [6.45, 7) is 0. The highest BCUT2D eigenvalue weighted by Gasteiger charge is 2.36. The van der Waals surface area contributed by atoms with Gasteiger partial charge < -0.3 is 0 Å². The van der Waals surface area contributed by atoms with Gasteiger partial charge in [-0.05, 0) is 32.7 Å². The SMILES string of the molecule is CN1C2CCCC(=O)[C@@H]1CC2. The fraction of sp³-hybridized carbons (Fsp3) is 0.889. The van der Waals surface area contributed by atoms with Crippen molar-refractivity contribution in [2.45, 2.75) is 44.2 Å². The standard InChI is InChI=1S/C9H15NO/c1-10-7-3-2-4-9(11)8(10)6-5-7/h7-8H,2-6H2,1H3/t7?,8-/m0/s1. The third kappa shape index (κ3) is 1.09. The largest absolute Gasteiger partial charge is 0.298 e. The molecule has 0 amide bonds. The van der Waals surface area contributed by atoms with Crippen LogP contribution in [0.3, 0.4) is 0 Å². The number of ketones is 1. The summed E-state index contributed by atoms with van der Waals surface area (Å²) in [6.07, 6.45) is 5.53. The molecule has 1 unspecified atom stereocenters. The van der Waals surface area contributed by atoms with E-state index in [9.17, 15) is 4.79 Å². The second kappa shape index (κ2) is 2.59. The lowest BCUT2D eigenvalue weighted by atomic mass is 10.0. The van der Waals surface area contributed by atoms with E-state index in [1.54, 1.807) is 0 Å². The van der Waals surface area contributed by atoms with Gasteiger partial charge in [0.1, 0.15) is 5.78 Å². The zero-order valence-electron chi connectivity index (χ0n) is 7.05. The molecule has 2 heteroatoms. The number of Topliss-reactive ketones (excluding diaryl/α,β-unsaturated/α-hetero) is 1. The predicted molar refractivity (Wildman–Crippen MR) is 43.4 cm³/mol. The van der Waals surface area contributed by atoms with Crippen molar-refractivity contribution in [1.29, 1.82) is 0 Å². The van der Waals surface area contributed by atoms with Crippen LogP contribution in [0.4, 0.5) is 0 Å². The summed E-state index contributed by atoms with van der Waals surface area (Å²) in [6, 6.07) is 0.994. The maximum Gasteiger partial charge on any atom is 0.149 e. The van der Waals surface area contributed by atoms with Crippen molar-refractivity contribution in [3.05, 3.63) is 0 Å². The van der Waals surface area contributed by atoms with E-state index >= 15 is 0 Å². The summed E-state index contributed by atoms with van der Waals surface area (Å²) >= 11 is 0. The van der Waals surface area contributed by atoms with Gasteiger partial charge in [-0.3, -0.25) is 9.69 Å². The van der Waals surface area contributed by atoms with Gasteiger partial charge >= 0.3 is 0 Å². The van der Waals surface area contributed by atoms with Gasteiger partial charge in [-0.1, -0.05) is 0 Å². The van der Waals surface area contributed by atoms with E-state index in [1.807, 2.05) is 0 Å². The smallest absolute Gasteiger partial charge is 0.149 e. The summed E-state index contributed by atoms with van der Waals surface area (Å²) in [5.41, 5.74) is 0. The lowest BCUT2D eigenvalue weighted by molar-refractivity contribution is -0.122. The van der Waals surface area contributed by atoms with Crippen molar-refractivity contribution < 1.29 is 4.79 Å². The molecule has 2 heterocycles. The highest BCUT2D eigenvalue weighted by atomic mass is 16.1. The minimum absolute atomic E-state index is 0.280. The van der Waals surface area contributed by atoms with Crippen LogP contribution in [0, 0.1) is 0 Å². The van der Waals surface area contributed by atoms with Crippen LogP contribution in [-0.4, -0.2) is 29.8 Å². The lowest BCUT2D eigenvalue weighted by Gasteiger charge is -2.20. The Labute approximate surface area is 67.6 Å². The van der Waals surface area contributed by atoms with Gasteiger partial charge in [-0.25, -0.2) is 0 Å². The van der Waals surface area contributed by atoms with E-state index in [-0.39, 0.29) is 6.04 Å². The second-order valence-corrected chi connectivity index (χ2v) is 3.77. The number of likely N-dealkylation sites (N-methyl/N-ethyl adjacent to an activating group) is 1. The molecule has 2 saturated heterocycles. The quantitative estimate of drug-likeness (QED) is 0.521. The van der Waals surface area contributed by atoms with E-state index in [0.717, 1.165) is 19.3 Å². The topological polar surface area (TPSA) is 20.3 Å². The van der Waals surface area contributed by atoms with Gasteiger partial charge in [0.25, 0.3) is 0 Å². The number of nitrogens with zero attached hydrogens (tertiary/aromatic N) is 1. The molecule has 0 aromatic heterocycles. The van der Waals surface area contributed by atoms with Crippen molar-refractivity contribution in [3.63, 3.8) is 0 Å². The van der Waals surface area contributed by atoms with Crippen LogP contribution in [0.5, 0.6) is 0 Å². The highest BCUT2D eigenvalue weighted by Crippen LogP contribution is 2.30. The normalized spacial score (nSPS) is 39.2. The Hall–Kier alpha value is -0.370. The van der Waals surface area contributed by atoms with Crippen LogP contribution in [0.1, 0.15) is 32.1 Å². The molecule has 0 N–H and O–H groups in total. The molecule has 11 heavy (non-hydrogen) atoms. The lowest BCUT2D eigenvalue weighted by Crippen LogP contribution is -2.34. The van der Waals surface area contributed by atoms with Gasteiger partial charge in [0, 0.05) is 12.5 Å². The molecule has 2 atom stereocenters. The maximum absolute atomic E-state index is 11.4. The van der Waals surface area contributed by atoms with Crippen molar-refractivity contribution in [2.24, 2.45) is 0 Å². The Balaban J connectivity index is 2.18. The van der Waals surface area contributed by atoms with Crippen LogP contribution in [0.25, 0.3) is 0 Å². The van der Waals surface area contributed by atoms with E-state index in [4.69, 9.17) is 0 Å². The van der Waals surface area contributed by atoms with Crippen molar-refractivity contribution in [1.82, 2.24) is 4.90 Å². The fourth-order valence-corrected chi connectivity index (χ4v) is 2.43. The average molecular weight is 153 g/mol. The van der Waals surface area contributed by atoms with Crippen LogP contribution in [0.2, 0.25) is 0 Å². The highest BCUT2D eigenvalue weighted by molar-refractivity contribution is 5.84. The Morgan fingerprint density at radius 2 is 2.18 bits per heavy atom. The summed E-state index contributed by atoms with van der Waals surface area (Å²) in [5.74, 6) is 0.479. The summed E-state index contributed by atoms with van der Waals surface area (Å²) in [4.78, 5) is 13.7. The molecule has 0 spiro atoms. The summed E-state index contributed by atoms with van der Waals surface area (Å²) in [5, 5.41) is 0. The van der Waals surface area contributed by atoms with Gasteiger partial charge in [-0.15, -0.1) is 0 Å².